The van der Waals surface area contributed by atoms with Gasteiger partial charge >= 0.3 is 0 Å². The zero-order valence-electron chi connectivity index (χ0n) is 25.2. The lowest BCUT2D eigenvalue weighted by Gasteiger charge is -2.35. The number of hydrogen-bond acceptors (Lipinski definition) is 9. The molecule has 15 heteroatoms. The Morgan fingerprint density at radius 3 is 1.74 bits per heavy atom. The van der Waals surface area contributed by atoms with Crippen molar-refractivity contribution < 1.29 is 19.2 Å². The zero-order chi connectivity index (χ0) is 33.5. The SMILES string of the molecule is O=C(CCN1C(=O)/C(=C/c2ccccc2Cl)SC1=S)NCCN1CCN(C(=O)CCN2C(=O)/C(=C\c3ccccc3Cl)SC2=S)CC1. The number of amides is 4. The van der Waals surface area contributed by atoms with Gasteiger partial charge in [-0.3, -0.25) is 33.9 Å². The number of thiocarbonyl (C=S) groups is 2. The Hall–Kier alpha value is -2.78. The summed E-state index contributed by atoms with van der Waals surface area (Å²) in [4.78, 5) is 59.1. The maximum Gasteiger partial charge on any atom is 0.266 e. The molecule has 3 heterocycles. The van der Waals surface area contributed by atoms with Crippen LogP contribution in [0.3, 0.4) is 0 Å². The molecule has 3 saturated heterocycles. The molecular formula is C32H31Cl2N5O4S4. The van der Waals surface area contributed by atoms with Crippen molar-refractivity contribution in [2.24, 2.45) is 0 Å². The summed E-state index contributed by atoms with van der Waals surface area (Å²) in [5, 5.41) is 4.01. The van der Waals surface area contributed by atoms with E-state index in [0.29, 0.717) is 67.8 Å². The Morgan fingerprint density at radius 1 is 0.745 bits per heavy atom. The Labute approximate surface area is 302 Å². The molecule has 2 aromatic carbocycles. The van der Waals surface area contributed by atoms with Gasteiger partial charge in [0.1, 0.15) is 8.64 Å². The van der Waals surface area contributed by atoms with E-state index in [1.54, 1.807) is 29.2 Å². The molecule has 0 aromatic heterocycles. The van der Waals surface area contributed by atoms with E-state index in [0.717, 1.165) is 11.1 Å². The second-order valence-electron chi connectivity index (χ2n) is 10.8. The molecule has 0 bridgehead atoms. The molecule has 3 fully saturated rings. The van der Waals surface area contributed by atoms with Crippen LogP contribution in [0.4, 0.5) is 0 Å². The first-order valence-electron chi connectivity index (χ1n) is 14.9. The number of halogens is 2. The lowest BCUT2D eigenvalue weighted by molar-refractivity contribution is -0.133. The van der Waals surface area contributed by atoms with E-state index in [-0.39, 0.29) is 49.6 Å². The lowest BCUT2D eigenvalue weighted by atomic mass is 10.2. The fourth-order valence-electron chi connectivity index (χ4n) is 5.09. The van der Waals surface area contributed by atoms with E-state index >= 15 is 0 Å². The minimum atomic E-state index is -0.233. The van der Waals surface area contributed by atoms with Gasteiger partial charge in [0.15, 0.2) is 0 Å². The first-order valence-corrected chi connectivity index (χ1v) is 18.1. The summed E-state index contributed by atoms with van der Waals surface area (Å²) in [7, 11) is 0. The highest BCUT2D eigenvalue weighted by molar-refractivity contribution is 8.27. The summed E-state index contributed by atoms with van der Waals surface area (Å²) < 4.78 is 0.841. The highest BCUT2D eigenvalue weighted by Crippen LogP contribution is 2.35. The Balaban J connectivity index is 0.983. The number of nitrogens with one attached hydrogen (secondary N) is 1. The largest absolute Gasteiger partial charge is 0.355 e. The summed E-state index contributed by atoms with van der Waals surface area (Å²) in [5.74, 6) is -0.646. The molecule has 9 nitrogen and oxygen atoms in total. The van der Waals surface area contributed by atoms with Gasteiger partial charge in [-0.05, 0) is 35.4 Å². The predicted molar refractivity (Wildman–Crippen MR) is 198 cm³/mol. The zero-order valence-corrected chi connectivity index (χ0v) is 29.9. The molecule has 246 valence electrons. The van der Waals surface area contributed by atoms with Gasteiger partial charge in [-0.15, -0.1) is 0 Å². The lowest BCUT2D eigenvalue weighted by Crippen LogP contribution is -2.50. The fraction of sp³-hybridized carbons (Fsp3) is 0.312. The molecule has 3 aliphatic rings. The van der Waals surface area contributed by atoms with E-state index in [1.165, 1.54) is 33.3 Å². The van der Waals surface area contributed by atoms with Crippen molar-refractivity contribution >= 4 is 116 Å². The van der Waals surface area contributed by atoms with Crippen LogP contribution in [0.25, 0.3) is 12.2 Å². The highest BCUT2D eigenvalue weighted by Gasteiger charge is 2.34. The molecule has 5 rings (SSSR count). The first-order chi connectivity index (χ1) is 22.6. The average molecular weight is 749 g/mol. The second kappa shape index (κ2) is 16.6. The average Bonchev–Trinajstić information content (AvgIpc) is 3.48. The topological polar surface area (TPSA) is 93.3 Å². The molecule has 4 amide bonds. The van der Waals surface area contributed by atoms with E-state index in [1.807, 2.05) is 36.4 Å². The van der Waals surface area contributed by atoms with E-state index in [9.17, 15) is 19.2 Å². The summed E-state index contributed by atoms with van der Waals surface area (Å²) in [5.41, 5.74) is 1.47. The molecule has 0 spiro atoms. The molecule has 0 saturated carbocycles. The van der Waals surface area contributed by atoms with Crippen LogP contribution < -0.4 is 5.32 Å². The molecule has 0 atom stereocenters. The number of nitrogens with zero attached hydrogens (tertiary/aromatic N) is 4. The number of carbonyl (C=O) groups is 4. The molecule has 3 aliphatic heterocycles. The standard InChI is InChI=1S/C32H31Cl2N5O4S4/c33-23-7-3-1-5-21(23)19-25-29(42)38(31(44)46-25)12-9-27(40)35-11-14-36-15-17-37(18-16-36)28(41)10-13-39-30(43)26(47-32(39)45)20-22-6-2-4-8-24(22)34/h1-8,19-20H,9-18H2,(H,35,40)/b25-19-,26-20+. The summed E-state index contributed by atoms with van der Waals surface area (Å²) in [6.45, 7) is 4.00. The third-order valence-electron chi connectivity index (χ3n) is 7.72. The minimum Gasteiger partial charge on any atom is -0.355 e. The number of rotatable bonds is 11. The van der Waals surface area contributed by atoms with Crippen LogP contribution in [-0.2, 0) is 19.2 Å². The van der Waals surface area contributed by atoms with Crippen molar-refractivity contribution in [3.8, 4) is 0 Å². The third kappa shape index (κ3) is 9.23. The van der Waals surface area contributed by atoms with Gasteiger partial charge in [-0.1, -0.05) is 108 Å². The van der Waals surface area contributed by atoms with Crippen LogP contribution >= 0.6 is 71.2 Å². The number of carbonyl (C=O) groups excluding carboxylic acids is 4. The van der Waals surface area contributed by atoms with Crippen molar-refractivity contribution in [2.75, 3.05) is 52.4 Å². The molecular weight excluding hydrogens is 718 g/mol. The Morgan fingerprint density at radius 2 is 1.23 bits per heavy atom. The molecule has 0 unspecified atom stereocenters. The third-order valence-corrected chi connectivity index (χ3v) is 11.2. The van der Waals surface area contributed by atoms with Crippen LogP contribution in [0.5, 0.6) is 0 Å². The van der Waals surface area contributed by atoms with Gasteiger partial charge in [0.2, 0.25) is 11.8 Å². The number of piperazine rings is 1. The number of benzene rings is 2. The van der Waals surface area contributed by atoms with Crippen LogP contribution in [-0.4, -0.2) is 104 Å². The minimum absolute atomic E-state index is 0.0282. The normalized spacial score (nSPS) is 19.1. The van der Waals surface area contributed by atoms with Crippen molar-refractivity contribution in [1.82, 2.24) is 24.9 Å². The van der Waals surface area contributed by atoms with Crippen LogP contribution in [0.1, 0.15) is 24.0 Å². The van der Waals surface area contributed by atoms with Gasteiger partial charge < -0.3 is 10.2 Å². The van der Waals surface area contributed by atoms with Gasteiger partial charge in [0.25, 0.3) is 11.8 Å². The molecule has 0 aliphatic carbocycles. The number of thioether (sulfide) groups is 2. The number of hydrogen-bond donors (Lipinski definition) is 1. The summed E-state index contributed by atoms with van der Waals surface area (Å²) in [6.07, 6.45) is 3.76. The maximum absolute atomic E-state index is 12.9. The quantitative estimate of drug-likeness (QED) is 0.248. The van der Waals surface area contributed by atoms with E-state index in [4.69, 9.17) is 47.6 Å². The van der Waals surface area contributed by atoms with Crippen LogP contribution in [0, 0.1) is 0 Å². The maximum atomic E-state index is 12.9. The highest BCUT2D eigenvalue weighted by atomic mass is 35.5. The van der Waals surface area contributed by atoms with E-state index < -0.39 is 0 Å². The van der Waals surface area contributed by atoms with Gasteiger partial charge in [-0.25, -0.2) is 0 Å². The van der Waals surface area contributed by atoms with Gasteiger partial charge in [0.05, 0.1) is 9.81 Å². The fourth-order valence-corrected chi connectivity index (χ4v) is 8.07. The van der Waals surface area contributed by atoms with Gasteiger partial charge in [0, 0.05) is 75.2 Å². The van der Waals surface area contributed by atoms with Crippen molar-refractivity contribution in [3.63, 3.8) is 0 Å². The molecule has 0 radical (unpaired) electrons. The second-order valence-corrected chi connectivity index (χ2v) is 14.9. The van der Waals surface area contributed by atoms with Crippen LogP contribution in [0.2, 0.25) is 10.0 Å². The van der Waals surface area contributed by atoms with Gasteiger partial charge in [-0.2, -0.15) is 0 Å². The predicted octanol–water partition coefficient (Wildman–Crippen LogP) is 5.14. The first kappa shape index (κ1) is 35.5. The molecule has 1 N–H and O–H groups in total. The summed E-state index contributed by atoms with van der Waals surface area (Å²) in [6, 6.07) is 14.5. The van der Waals surface area contributed by atoms with Crippen molar-refractivity contribution in [2.45, 2.75) is 12.8 Å². The van der Waals surface area contributed by atoms with Crippen LogP contribution in [0.15, 0.2) is 58.3 Å². The molecule has 47 heavy (non-hydrogen) atoms. The smallest absolute Gasteiger partial charge is 0.266 e. The van der Waals surface area contributed by atoms with Crippen molar-refractivity contribution in [3.05, 3.63) is 79.5 Å². The summed E-state index contributed by atoms with van der Waals surface area (Å²) >= 11 is 25.6. The van der Waals surface area contributed by atoms with Crippen molar-refractivity contribution in [1.29, 1.82) is 0 Å². The van der Waals surface area contributed by atoms with E-state index in [2.05, 4.69) is 10.2 Å². The monoisotopic (exact) mass is 747 g/mol. The Bertz CT molecular complexity index is 1660. The Kier molecular flexibility index (Phi) is 12.5. The molecule has 2 aromatic rings.